The van der Waals surface area contributed by atoms with Crippen LogP contribution in [-0.4, -0.2) is 30.9 Å². The smallest absolute Gasteiger partial charge is 0.191 e. The van der Waals surface area contributed by atoms with Crippen LogP contribution in [0.4, 0.5) is 4.39 Å². The van der Waals surface area contributed by atoms with Gasteiger partial charge in [0.05, 0.1) is 23.3 Å². The normalized spacial score (nSPS) is 11.2. The van der Waals surface area contributed by atoms with E-state index in [-0.39, 0.29) is 17.4 Å². The Labute approximate surface area is 177 Å². The van der Waals surface area contributed by atoms with E-state index >= 15 is 0 Å². The van der Waals surface area contributed by atoms with Gasteiger partial charge in [-0.15, -0.1) is 10.2 Å². The molecule has 0 aliphatic heterocycles. The summed E-state index contributed by atoms with van der Waals surface area (Å²) in [5.74, 6) is 1.29. The summed E-state index contributed by atoms with van der Waals surface area (Å²) < 4.78 is 23.2. The van der Waals surface area contributed by atoms with Gasteiger partial charge in [0.1, 0.15) is 11.6 Å². The van der Waals surface area contributed by atoms with Crippen LogP contribution >= 0.6 is 11.8 Å². The van der Waals surface area contributed by atoms with Crippen LogP contribution in [0.25, 0.3) is 17.1 Å². The molecule has 0 saturated carbocycles. The minimum Gasteiger partial charge on any atom is -0.469 e. The number of benzene rings is 1. The molecule has 4 aromatic rings. The summed E-state index contributed by atoms with van der Waals surface area (Å²) in [7, 11) is 1.86. The van der Waals surface area contributed by atoms with Crippen LogP contribution in [0.5, 0.6) is 0 Å². The number of para-hydroxylation sites is 1. The van der Waals surface area contributed by atoms with Gasteiger partial charge in [-0.05, 0) is 45.0 Å². The van der Waals surface area contributed by atoms with Gasteiger partial charge in [0.15, 0.2) is 16.8 Å². The summed E-state index contributed by atoms with van der Waals surface area (Å²) in [5, 5.41) is 9.08. The molecule has 0 saturated heterocycles. The monoisotopic (exact) mass is 424 g/mol. The van der Waals surface area contributed by atoms with Gasteiger partial charge in [-0.1, -0.05) is 23.9 Å². The van der Waals surface area contributed by atoms with Crippen molar-refractivity contribution in [2.24, 2.45) is 7.05 Å². The Hall–Kier alpha value is -3.13. The molecule has 0 amide bonds. The maximum absolute atomic E-state index is 14.3. The summed E-state index contributed by atoms with van der Waals surface area (Å²) in [4.78, 5) is 12.9. The predicted octanol–water partition coefficient (Wildman–Crippen LogP) is 4.91. The highest BCUT2D eigenvalue weighted by Crippen LogP contribution is 2.28. The first kappa shape index (κ1) is 20.2. The summed E-state index contributed by atoms with van der Waals surface area (Å²) >= 11 is 1.32. The van der Waals surface area contributed by atoms with Crippen molar-refractivity contribution in [1.29, 1.82) is 0 Å². The van der Waals surface area contributed by atoms with Crippen molar-refractivity contribution < 1.29 is 13.6 Å². The summed E-state index contributed by atoms with van der Waals surface area (Å²) in [6, 6.07) is 10.2. The zero-order valence-electron chi connectivity index (χ0n) is 17.1. The number of furan rings is 1. The molecule has 0 radical (unpaired) electrons. The van der Waals surface area contributed by atoms with E-state index in [4.69, 9.17) is 4.42 Å². The molecule has 154 valence electrons. The Bertz CT molecular complexity index is 1240. The fourth-order valence-corrected chi connectivity index (χ4v) is 4.34. The van der Waals surface area contributed by atoms with Crippen molar-refractivity contribution in [3.8, 4) is 17.1 Å². The van der Waals surface area contributed by atoms with Gasteiger partial charge in [0.25, 0.3) is 0 Å². The van der Waals surface area contributed by atoms with Crippen LogP contribution in [0, 0.1) is 26.6 Å². The summed E-state index contributed by atoms with van der Waals surface area (Å²) in [6.45, 7) is 5.57. The first-order chi connectivity index (χ1) is 14.4. The standard InChI is InChI=1S/C22H21FN4O2S/c1-13-11-17(14(2)27(13)19-8-6-5-7-18(19)23)20(28)12-30-22-25-24-21(26(22)4)16-9-10-29-15(16)3/h5-11H,12H2,1-4H3. The van der Waals surface area contributed by atoms with E-state index in [0.29, 0.717) is 22.2 Å². The molecule has 4 rings (SSSR count). The van der Waals surface area contributed by atoms with Gasteiger partial charge < -0.3 is 13.6 Å². The molecule has 0 N–H and O–H groups in total. The lowest BCUT2D eigenvalue weighted by atomic mass is 10.2. The highest BCUT2D eigenvalue weighted by Gasteiger charge is 2.20. The number of nitrogens with zero attached hydrogens (tertiary/aromatic N) is 4. The first-order valence-corrected chi connectivity index (χ1v) is 10.4. The average Bonchev–Trinajstić information content (AvgIpc) is 3.38. The number of ketones is 1. The molecule has 0 aliphatic carbocycles. The van der Waals surface area contributed by atoms with Gasteiger partial charge >= 0.3 is 0 Å². The van der Waals surface area contributed by atoms with Crippen molar-refractivity contribution in [3.63, 3.8) is 0 Å². The zero-order valence-corrected chi connectivity index (χ0v) is 18.0. The SMILES string of the molecule is Cc1occc1-c1nnc(SCC(=O)c2cc(C)n(-c3ccccc3F)c2C)n1C. The maximum Gasteiger partial charge on any atom is 0.191 e. The van der Waals surface area contributed by atoms with Crippen molar-refractivity contribution in [2.75, 3.05) is 5.75 Å². The highest BCUT2D eigenvalue weighted by atomic mass is 32.2. The quantitative estimate of drug-likeness (QED) is 0.325. The second kappa shape index (κ2) is 7.95. The zero-order chi connectivity index (χ0) is 21.4. The Morgan fingerprint density at radius 3 is 2.63 bits per heavy atom. The van der Waals surface area contributed by atoms with Crippen molar-refractivity contribution >= 4 is 17.5 Å². The predicted molar refractivity (Wildman–Crippen MR) is 114 cm³/mol. The maximum atomic E-state index is 14.3. The fraction of sp³-hybridized carbons (Fsp3) is 0.227. The Morgan fingerprint density at radius 1 is 1.17 bits per heavy atom. The van der Waals surface area contributed by atoms with Crippen LogP contribution in [0.3, 0.4) is 0 Å². The number of aromatic nitrogens is 4. The van der Waals surface area contributed by atoms with Crippen molar-refractivity contribution in [2.45, 2.75) is 25.9 Å². The van der Waals surface area contributed by atoms with E-state index in [1.165, 1.54) is 17.8 Å². The number of hydrogen-bond acceptors (Lipinski definition) is 5. The number of rotatable bonds is 6. The molecule has 3 aromatic heterocycles. The van der Waals surface area contributed by atoms with E-state index in [1.807, 2.05) is 44.5 Å². The third-order valence-electron chi connectivity index (χ3n) is 5.09. The molecule has 1 aromatic carbocycles. The van der Waals surface area contributed by atoms with E-state index in [2.05, 4.69) is 10.2 Å². The van der Waals surface area contributed by atoms with Gasteiger partial charge in [0, 0.05) is 24.0 Å². The fourth-order valence-electron chi connectivity index (χ4n) is 3.55. The van der Waals surface area contributed by atoms with E-state index in [1.54, 1.807) is 29.0 Å². The number of thioether (sulfide) groups is 1. The lowest BCUT2D eigenvalue weighted by Gasteiger charge is -2.10. The van der Waals surface area contributed by atoms with Crippen LogP contribution in [0.1, 0.15) is 27.5 Å². The second-order valence-electron chi connectivity index (χ2n) is 7.04. The molecule has 0 aliphatic rings. The Morgan fingerprint density at radius 2 is 1.93 bits per heavy atom. The molecule has 0 bridgehead atoms. The Balaban J connectivity index is 1.55. The molecule has 0 fully saturated rings. The lowest BCUT2D eigenvalue weighted by Crippen LogP contribution is -2.07. The van der Waals surface area contributed by atoms with E-state index < -0.39 is 0 Å². The minimum absolute atomic E-state index is 0.0419. The van der Waals surface area contributed by atoms with E-state index in [0.717, 1.165) is 22.7 Å². The molecule has 3 heterocycles. The number of hydrogen-bond donors (Lipinski definition) is 0. The highest BCUT2D eigenvalue weighted by molar-refractivity contribution is 7.99. The average molecular weight is 425 g/mol. The number of Topliss-reactive ketones (excluding diaryl/α,β-unsaturated/α-hetero) is 1. The van der Waals surface area contributed by atoms with Gasteiger partial charge in [-0.25, -0.2) is 4.39 Å². The topological polar surface area (TPSA) is 65.8 Å². The first-order valence-electron chi connectivity index (χ1n) is 9.42. The number of carbonyl (C=O) groups is 1. The minimum atomic E-state index is -0.325. The molecule has 8 heteroatoms. The van der Waals surface area contributed by atoms with E-state index in [9.17, 15) is 9.18 Å². The molecular formula is C22H21FN4O2S. The van der Waals surface area contributed by atoms with Crippen molar-refractivity contribution in [3.05, 3.63) is 71.2 Å². The molecule has 30 heavy (non-hydrogen) atoms. The molecule has 0 atom stereocenters. The number of halogens is 1. The molecule has 0 spiro atoms. The van der Waals surface area contributed by atoms with Crippen LogP contribution in [-0.2, 0) is 7.05 Å². The van der Waals surface area contributed by atoms with Gasteiger partial charge in [-0.3, -0.25) is 4.79 Å². The van der Waals surface area contributed by atoms with Crippen LogP contribution in [0.2, 0.25) is 0 Å². The largest absolute Gasteiger partial charge is 0.469 e. The van der Waals surface area contributed by atoms with Crippen molar-refractivity contribution in [1.82, 2.24) is 19.3 Å². The Kier molecular flexibility index (Phi) is 5.34. The second-order valence-corrected chi connectivity index (χ2v) is 7.98. The number of aryl methyl sites for hydroxylation is 2. The molecular weight excluding hydrogens is 403 g/mol. The van der Waals surface area contributed by atoms with Crippen LogP contribution < -0.4 is 0 Å². The number of carbonyl (C=O) groups excluding carboxylic acids is 1. The van der Waals surface area contributed by atoms with Gasteiger partial charge in [0.2, 0.25) is 0 Å². The molecule has 6 nitrogen and oxygen atoms in total. The van der Waals surface area contributed by atoms with Crippen LogP contribution in [0.15, 0.2) is 52.2 Å². The third-order valence-corrected chi connectivity index (χ3v) is 6.11. The van der Waals surface area contributed by atoms with Gasteiger partial charge in [-0.2, -0.15) is 0 Å². The third kappa shape index (κ3) is 3.47. The molecule has 0 unspecified atom stereocenters. The summed E-state index contributed by atoms with van der Waals surface area (Å²) in [5.41, 5.74) is 3.42. The summed E-state index contributed by atoms with van der Waals surface area (Å²) in [6.07, 6.45) is 1.61. The lowest BCUT2D eigenvalue weighted by molar-refractivity contribution is 0.102.